The highest BCUT2D eigenvalue weighted by molar-refractivity contribution is 5.92. The van der Waals surface area contributed by atoms with Gasteiger partial charge in [0.1, 0.15) is 72.9 Å². The Kier molecular flexibility index (Phi) is 23.0. The van der Waals surface area contributed by atoms with Crippen molar-refractivity contribution in [3.8, 4) is 0 Å². The summed E-state index contributed by atoms with van der Waals surface area (Å²) in [7, 11) is 0. The molecule has 2 heterocycles. The van der Waals surface area contributed by atoms with E-state index in [9.17, 15) is 73.8 Å². The van der Waals surface area contributed by atoms with Crippen molar-refractivity contribution in [1.82, 2.24) is 31.9 Å². The molecule has 0 bridgehead atoms. The van der Waals surface area contributed by atoms with Gasteiger partial charge in [0.25, 0.3) is 0 Å². The lowest BCUT2D eigenvalue weighted by molar-refractivity contribution is -0.333. The van der Waals surface area contributed by atoms with Crippen LogP contribution in [-0.4, -0.2) is 195 Å². The lowest BCUT2D eigenvalue weighted by Crippen LogP contribution is -2.70. The molecule has 0 aromatic heterocycles. The van der Waals surface area contributed by atoms with Crippen LogP contribution in [0.3, 0.4) is 0 Å². The molecule has 0 aromatic carbocycles. The van der Waals surface area contributed by atoms with Crippen molar-refractivity contribution < 1.29 is 92.7 Å². The minimum atomic E-state index is -1.88. The molecule has 370 valence electrons. The molecule has 8 amide bonds. The van der Waals surface area contributed by atoms with Crippen LogP contribution in [0.25, 0.3) is 0 Å². The quantitative estimate of drug-likeness (QED) is 0.0358. The van der Waals surface area contributed by atoms with Crippen LogP contribution in [0.2, 0.25) is 0 Å². The van der Waals surface area contributed by atoms with E-state index < -0.39 is 164 Å². The summed E-state index contributed by atoms with van der Waals surface area (Å²) in [5.41, 5.74) is 16.0. The van der Waals surface area contributed by atoms with Crippen molar-refractivity contribution in [3.05, 3.63) is 0 Å². The molecule has 0 aliphatic carbocycles. The molecule has 2 aliphatic heterocycles. The Bertz CT molecular complexity index is 1680. The topological polar surface area (TPSA) is 462 Å². The van der Waals surface area contributed by atoms with E-state index in [2.05, 4.69) is 31.9 Å². The van der Waals surface area contributed by atoms with Crippen LogP contribution in [0.5, 0.6) is 0 Å². The van der Waals surface area contributed by atoms with Gasteiger partial charge in [0.15, 0.2) is 12.6 Å². The molecule has 2 rings (SSSR count). The number of aliphatic hydroxyl groups excluding tert-OH is 5. The van der Waals surface area contributed by atoms with E-state index in [1.807, 2.05) is 0 Å². The van der Waals surface area contributed by atoms with Gasteiger partial charge >= 0.3 is 5.97 Å². The number of aliphatic hydroxyl groups is 5. The van der Waals surface area contributed by atoms with E-state index in [1.54, 1.807) is 0 Å². The van der Waals surface area contributed by atoms with Crippen LogP contribution >= 0.6 is 0 Å². The SMILES string of the molecule is CC(=O)NC1C(OC2C(CO)OC(O)C(NC(C)=O)C2OC(C)C(=O)NC(C)C(=O)NC(CCC(=O)NC(CCCCNC(=O)C(N)CC(N)=O)C(=O)O)C(N)=O)OC(CO)C(O)C1O. The predicted octanol–water partition coefficient (Wildman–Crippen LogP) is -8.38. The number of carboxylic acid groups (broad SMARTS) is 1. The van der Waals surface area contributed by atoms with Crippen molar-refractivity contribution >= 4 is 53.2 Å². The molecule has 15 atom stereocenters. The predicted molar refractivity (Wildman–Crippen MR) is 216 cm³/mol. The Morgan fingerprint density at radius 3 is 1.89 bits per heavy atom. The summed E-state index contributed by atoms with van der Waals surface area (Å²) in [5.74, 6) is -7.99. The van der Waals surface area contributed by atoms with Crippen molar-refractivity contribution in [2.24, 2.45) is 17.2 Å². The molecule has 0 aromatic rings. The van der Waals surface area contributed by atoms with E-state index >= 15 is 0 Å². The summed E-state index contributed by atoms with van der Waals surface area (Å²) in [6.07, 6.45) is -15.5. The minimum Gasteiger partial charge on any atom is -0.480 e. The molecule has 18 N–H and O–H groups in total. The van der Waals surface area contributed by atoms with Crippen LogP contribution in [-0.2, 0) is 62.1 Å². The average molecular weight is 938 g/mol. The standard InChI is InChI=1S/C37H63N9O19/c1-14(32(56)46-19(31(40)55)8-9-24(52)45-20(35(59)60)7-5-6-10-41-34(58)18(38)11-23(39)51)42-33(57)15(2)62-30-26(44-17(4)50)36(61)63-22(13-48)29(30)65-37-25(43-16(3)49)28(54)27(53)21(12-47)64-37/h14-15,18-22,25-30,36-37,47-48,53-54,61H,5-13,38H2,1-4H3,(H2,39,51)(H2,40,55)(H,41,58)(H,42,57)(H,43,49)(H,44,50)(H,45,52)(H,46,56)(H,59,60). The maximum Gasteiger partial charge on any atom is 0.326 e. The maximum atomic E-state index is 13.4. The number of carbonyl (C=O) groups excluding carboxylic acids is 8. The summed E-state index contributed by atoms with van der Waals surface area (Å²) >= 11 is 0. The highest BCUT2D eigenvalue weighted by Gasteiger charge is 2.53. The Balaban J connectivity index is 2.10. The molecule has 0 saturated carbocycles. The zero-order valence-electron chi connectivity index (χ0n) is 36.2. The Morgan fingerprint density at radius 2 is 1.34 bits per heavy atom. The van der Waals surface area contributed by atoms with Gasteiger partial charge in [-0.15, -0.1) is 0 Å². The number of nitrogens with two attached hydrogens (primary N) is 3. The van der Waals surface area contributed by atoms with E-state index in [4.69, 9.17) is 36.1 Å². The van der Waals surface area contributed by atoms with Crippen molar-refractivity contribution in [1.29, 1.82) is 0 Å². The molecule has 2 fully saturated rings. The van der Waals surface area contributed by atoms with Crippen molar-refractivity contribution in [2.75, 3.05) is 19.8 Å². The number of ether oxygens (including phenoxy) is 4. The van der Waals surface area contributed by atoms with Gasteiger partial charge in [-0.25, -0.2) is 4.79 Å². The molecule has 0 radical (unpaired) electrons. The van der Waals surface area contributed by atoms with Gasteiger partial charge in [-0.3, -0.25) is 38.4 Å². The number of nitrogens with one attached hydrogen (secondary N) is 6. The Labute approximate surface area is 372 Å². The van der Waals surface area contributed by atoms with E-state index in [1.165, 1.54) is 13.8 Å². The van der Waals surface area contributed by atoms with Crippen LogP contribution in [0.15, 0.2) is 0 Å². The van der Waals surface area contributed by atoms with Crippen LogP contribution in [0.4, 0.5) is 0 Å². The average Bonchev–Trinajstić information content (AvgIpc) is 3.22. The summed E-state index contributed by atoms with van der Waals surface area (Å²) in [5, 5.41) is 75.9. The zero-order chi connectivity index (χ0) is 49.3. The number of amides is 8. The highest BCUT2D eigenvalue weighted by atomic mass is 16.7. The number of hydrogen-bond acceptors (Lipinski definition) is 19. The fraction of sp³-hybridized carbons (Fsp3) is 0.757. The van der Waals surface area contributed by atoms with E-state index in [0.29, 0.717) is 6.42 Å². The molecular formula is C37H63N9O19. The van der Waals surface area contributed by atoms with E-state index in [0.717, 1.165) is 13.8 Å². The second-order valence-electron chi connectivity index (χ2n) is 15.5. The molecule has 2 aliphatic rings. The van der Waals surface area contributed by atoms with Crippen molar-refractivity contribution in [3.63, 3.8) is 0 Å². The smallest absolute Gasteiger partial charge is 0.326 e. The molecule has 28 heteroatoms. The molecule has 65 heavy (non-hydrogen) atoms. The lowest BCUT2D eigenvalue weighted by Gasteiger charge is -2.48. The van der Waals surface area contributed by atoms with Gasteiger partial charge in [-0.05, 0) is 39.5 Å². The molecular weight excluding hydrogens is 874 g/mol. The molecule has 15 unspecified atom stereocenters. The van der Waals surface area contributed by atoms with Gasteiger partial charge < -0.3 is 98.7 Å². The Morgan fingerprint density at radius 1 is 0.723 bits per heavy atom. The largest absolute Gasteiger partial charge is 0.480 e. The van der Waals surface area contributed by atoms with Crippen LogP contribution in [0.1, 0.15) is 66.2 Å². The number of rotatable bonds is 26. The first-order chi connectivity index (χ1) is 30.4. The summed E-state index contributed by atoms with van der Waals surface area (Å²) in [6, 6.07) is -8.40. The second-order valence-corrected chi connectivity index (χ2v) is 15.5. The highest BCUT2D eigenvalue weighted by Crippen LogP contribution is 2.31. The van der Waals surface area contributed by atoms with Gasteiger partial charge in [0, 0.05) is 26.8 Å². The number of aliphatic carboxylic acids is 1. The number of carboxylic acids is 1. The monoisotopic (exact) mass is 937 g/mol. The summed E-state index contributed by atoms with van der Waals surface area (Å²) in [4.78, 5) is 110. The first-order valence-corrected chi connectivity index (χ1v) is 20.6. The first-order valence-electron chi connectivity index (χ1n) is 20.6. The van der Waals surface area contributed by atoms with Gasteiger partial charge in [-0.2, -0.15) is 0 Å². The number of primary amides is 2. The third-order valence-electron chi connectivity index (χ3n) is 10.2. The summed E-state index contributed by atoms with van der Waals surface area (Å²) < 4.78 is 23.1. The third-order valence-corrected chi connectivity index (χ3v) is 10.2. The molecule has 28 nitrogen and oxygen atoms in total. The minimum absolute atomic E-state index is 0.0491. The number of carbonyl (C=O) groups is 9. The zero-order valence-corrected chi connectivity index (χ0v) is 36.2. The van der Waals surface area contributed by atoms with Gasteiger partial charge in [-0.1, -0.05) is 0 Å². The van der Waals surface area contributed by atoms with Crippen LogP contribution < -0.4 is 49.1 Å². The maximum absolute atomic E-state index is 13.4. The Hall–Kier alpha value is -5.17. The fourth-order valence-electron chi connectivity index (χ4n) is 6.72. The lowest BCUT2D eigenvalue weighted by atomic mass is 9.94. The van der Waals surface area contributed by atoms with Crippen molar-refractivity contribution in [2.45, 2.75) is 158 Å². The van der Waals surface area contributed by atoms with Gasteiger partial charge in [0.05, 0.1) is 25.7 Å². The fourth-order valence-corrected chi connectivity index (χ4v) is 6.72. The normalized spacial score (nSPS) is 27.6. The number of hydrogen-bond donors (Lipinski definition) is 15. The van der Waals surface area contributed by atoms with Crippen LogP contribution in [0, 0.1) is 0 Å². The molecule has 0 spiro atoms. The number of unbranched alkanes of at least 4 members (excludes halogenated alkanes) is 1. The third kappa shape index (κ3) is 17.6. The molecule has 2 saturated heterocycles. The summed E-state index contributed by atoms with van der Waals surface area (Å²) in [6.45, 7) is 3.00. The van der Waals surface area contributed by atoms with Gasteiger partial charge in [0.2, 0.25) is 47.3 Å². The second kappa shape index (κ2) is 26.7. The first kappa shape index (κ1) is 56.0. The van der Waals surface area contributed by atoms with E-state index in [-0.39, 0.29) is 32.2 Å².